The first-order chi connectivity index (χ1) is 9.15. The van der Waals surface area contributed by atoms with Gasteiger partial charge in [0.05, 0.1) is 13.2 Å². The van der Waals surface area contributed by atoms with E-state index in [-0.39, 0.29) is 18.4 Å². The van der Waals surface area contributed by atoms with Crippen LogP contribution in [-0.2, 0) is 0 Å². The van der Waals surface area contributed by atoms with E-state index in [9.17, 15) is 0 Å². The second-order valence-electron chi connectivity index (χ2n) is 4.60. The molecule has 0 radical (unpaired) electrons. The van der Waals surface area contributed by atoms with Crippen LogP contribution in [-0.4, -0.2) is 17.3 Å². The number of hydrogen-bond acceptors (Lipinski definition) is 5. The first-order valence-electron chi connectivity index (χ1n) is 6.39. The van der Waals surface area contributed by atoms with E-state index in [1.165, 1.54) is 0 Å². The van der Waals surface area contributed by atoms with Gasteiger partial charge in [-0.15, -0.1) is 12.4 Å². The van der Waals surface area contributed by atoms with Gasteiger partial charge in [-0.05, 0) is 18.1 Å². The first kappa shape index (κ1) is 16.5. The fourth-order valence-corrected chi connectivity index (χ4v) is 1.75. The summed E-state index contributed by atoms with van der Waals surface area (Å²) in [6, 6.07) is 7.31. The van der Waals surface area contributed by atoms with Crippen molar-refractivity contribution in [2.75, 3.05) is 7.11 Å². The molecule has 2 atom stereocenters. The highest BCUT2D eigenvalue weighted by molar-refractivity contribution is 5.85. The van der Waals surface area contributed by atoms with Crippen LogP contribution in [0.1, 0.15) is 32.2 Å². The number of methoxy groups -OCH3 is 1. The Balaban J connectivity index is 0.00000200. The second kappa shape index (κ2) is 7.26. The van der Waals surface area contributed by atoms with E-state index in [2.05, 4.69) is 24.0 Å². The van der Waals surface area contributed by atoms with Crippen molar-refractivity contribution in [3.63, 3.8) is 0 Å². The van der Waals surface area contributed by atoms with E-state index in [4.69, 9.17) is 15.0 Å². The van der Waals surface area contributed by atoms with Crippen molar-refractivity contribution in [3.05, 3.63) is 30.2 Å². The van der Waals surface area contributed by atoms with Crippen LogP contribution >= 0.6 is 12.4 Å². The van der Waals surface area contributed by atoms with Gasteiger partial charge in [0.2, 0.25) is 11.7 Å². The number of rotatable bonds is 5. The van der Waals surface area contributed by atoms with Crippen LogP contribution in [0.25, 0.3) is 11.4 Å². The van der Waals surface area contributed by atoms with Crippen molar-refractivity contribution < 1.29 is 9.26 Å². The molecule has 5 nitrogen and oxygen atoms in total. The van der Waals surface area contributed by atoms with Crippen molar-refractivity contribution in [1.29, 1.82) is 0 Å². The Hall–Kier alpha value is -1.59. The smallest absolute Gasteiger partial charge is 0.244 e. The number of nitrogens with zero attached hydrogens (tertiary/aromatic N) is 2. The Morgan fingerprint density at radius 3 is 2.80 bits per heavy atom. The molecule has 0 fully saturated rings. The summed E-state index contributed by atoms with van der Waals surface area (Å²) in [5, 5.41) is 3.98. The molecular weight excluding hydrogens is 278 g/mol. The molecule has 1 heterocycles. The van der Waals surface area contributed by atoms with Crippen LogP contribution in [0.15, 0.2) is 28.8 Å². The predicted octanol–water partition coefficient (Wildman–Crippen LogP) is 3.21. The summed E-state index contributed by atoms with van der Waals surface area (Å²) < 4.78 is 10.4. The van der Waals surface area contributed by atoms with Crippen LogP contribution in [0.2, 0.25) is 0 Å². The SMILES string of the molecule is CCC(C)C(N)c1nc(-c2cccc(OC)c2)no1.Cl. The molecule has 6 heteroatoms. The van der Waals surface area contributed by atoms with Gasteiger partial charge in [-0.3, -0.25) is 0 Å². The van der Waals surface area contributed by atoms with Gasteiger partial charge >= 0.3 is 0 Å². The average molecular weight is 298 g/mol. The molecule has 110 valence electrons. The third-order valence-corrected chi connectivity index (χ3v) is 3.31. The minimum atomic E-state index is -0.225. The lowest BCUT2D eigenvalue weighted by atomic mass is 10.0. The minimum absolute atomic E-state index is 0. The number of nitrogens with two attached hydrogens (primary N) is 1. The molecule has 0 saturated carbocycles. The van der Waals surface area contributed by atoms with Gasteiger partial charge < -0.3 is 15.0 Å². The molecule has 2 aromatic rings. The fourth-order valence-electron chi connectivity index (χ4n) is 1.75. The number of ether oxygens (including phenoxy) is 1. The summed E-state index contributed by atoms with van der Waals surface area (Å²) in [6.45, 7) is 4.16. The van der Waals surface area contributed by atoms with Gasteiger partial charge in [0.1, 0.15) is 5.75 Å². The summed E-state index contributed by atoms with van der Waals surface area (Å²) in [4.78, 5) is 4.37. The molecule has 2 N–H and O–H groups in total. The molecule has 1 aromatic carbocycles. The summed E-state index contributed by atoms with van der Waals surface area (Å²) >= 11 is 0. The Labute approximate surface area is 124 Å². The topological polar surface area (TPSA) is 74.2 Å². The zero-order chi connectivity index (χ0) is 13.8. The number of halogens is 1. The third-order valence-electron chi connectivity index (χ3n) is 3.31. The Morgan fingerprint density at radius 2 is 2.15 bits per heavy atom. The van der Waals surface area contributed by atoms with Crippen molar-refractivity contribution in [1.82, 2.24) is 10.1 Å². The lowest BCUT2D eigenvalue weighted by molar-refractivity contribution is 0.312. The Bertz CT molecular complexity index is 545. The van der Waals surface area contributed by atoms with E-state index in [0.29, 0.717) is 17.6 Å². The fraction of sp³-hybridized carbons (Fsp3) is 0.429. The highest BCUT2D eigenvalue weighted by Crippen LogP contribution is 2.25. The van der Waals surface area contributed by atoms with Crippen molar-refractivity contribution in [2.45, 2.75) is 26.3 Å². The second-order valence-corrected chi connectivity index (χ2v) is 4.60. The molecule has 0 bridgehead atoms. The van der Waals surface area contributed by atoms with E-state index < -0.39 is 0 Å². The van der Waals surface area contributed by atoms with Gasteiger partial charge in [0.25, 0.3) is 0 Å². The monoisotopic (exact) mass is 297 g/mol. The predicted molar refractivity (Wildman–Crippen MR) is 79.9 cm³/mol. The molecule has 0 aliphatic heterocycles. The molecular formula is C14H20ClN3O2. The van der Waals surface area contributed by atoms with Gasteiger partial charge in [0, 0.05) is 5.56 Å². The standard InChI is InChI=1S/C14H19N3O2.ClH/c1-4-9(2)12(15)14-16-13(17-19-14)10-6-5-7-11(8-10)18-3;/h5-9,12H,4,15H2,1-3H3;1H. The van der Waals surface area contributed by atoms with Crippen LogP contribution in [0.4, 0.5) is 0 Å². The number of hydrogen-bond donors (Lipinski definition) is 1. The molecule has 1 aromatic heterocycles. The van der Waals surface area contributed by atoms with E-state index in [1.54, 1.807) is 7.11 Å². The van der Waals surface area contributed by atoms with Crippen LogP contribution in [0.5, 0.6) is 5.75 Å². The van der Waals surface area contributed by atoms with Gasteiger partial charge in [-0.25, -0.2) is 0 Å². The quantitative estimate of drug-likeness (QED) is 0.917. The summed E-state index contributed by atoms with van der Waals surface area (Å²) in [7, 11) is 1.62. The first-order valence-corrected chi connectivity index (χ1v) is 6.39. The Kier molecular flexibility index (Phi) is 5.98. The average Bonchev–Trinajstić information content (AvgIpc) is 2.95. The highest BCUT2D eigenvalue weighted by Gasteiger charge is 2.20. The maximum Gasteiger partial charge on any atom is 0.244 e. The number of aromatic nitrogens is 2. The van der Waals surface area contributed by atoms with Crippen LogP contribution in [0.3, 0.4) is 0 Å². The van der Waals surface area contributed by atoms with Gasteiger partial charge in [0.15, 0.2) is 0 Å². The van der Waals surface area contributed by atoms with Crippen LogP contribution in [0, 0.1) is 5.92 Å². The molecule has 0 spiro atoms. The number of benzene rings is 1. The van der Waals surface area contributed by atoms with Crippen molar-refractivity contribution in [3.8, 4) is 17.1 Å². The summed E-state index contributed by atoms with van der Waals surface area (Å²) in [6.07, 6.45) is 0.970. The van der Waals surface area contributed by atoms with Crippen molar-refractivity contribution in [2.24, 2.45) is 11.7 Å². The molecule has 20 heavy (non-hydrogen) atoms. The zero-order valence-electron chi connectivity index (χ0n) is 11.9. The van der Waals surface area contributed by atoms with E-state index in [0.717, 1.165) is 17.7 Å². The molecule has 2 rings (SSSR count). The van der Waals surface area contributed by atoms with E-state index >= 15 is 0 Å². The molecule has 0 amide bonds. The van der Waals surface area contributed by atoms with Crippen molar-refractivity contribution >= 4 is 12.4 Å². The maximum absolute atomic E-state index is 6.08. The largest absolute Gasteiger partial charge is 0.497 e. The normalized spacial score (nSPS) is 13.4. The van der Waals surface area contributed by atoms with Gasteiger partial charge in [-0.2, -0.15) is 4.98 Å². The molecule has 0 aliphatic rings. The van der Waals surface area contributed by atoms with E-state index in [1.807, 2.05) is 24.3 Å². The molecule has 0 aliphatic carbocycles. The lowest BCUT2D eigenvalue weighted by Crippen LogP contribution is -2.18. The summed E-state index contributed by atoms with van der Waals surface area (Å²) in [5.74, 6) is 2.08. The van der Waals surface area contributed by atoms with Crippen LogP contribution < -0.4 is 10.5 Å². The third kappa shape index (κ3) is 3.49. The highest BCUT2D eigenvalue weighted by atomic mass is 35.5. The summed E-state index contributed by atoms with van der Waals surface area (Å²) in [5.41, 5.74) is 6.93. The molecule has 0 saturated heterocycles. The minimum Gasteiger partial charge on any atom is -0.497 e. The zero-order valence-corrected chi connectivity index (χ0v) is 12.7. The lowest BCUT2D eigenvalue weighted by Gasteiger charge is -2.12. The molecule has 2 unspecified atom stereocenters. The van der Waals surface area contributed by atoms with Gasteiger partial charge in [-0.1, -0.05) is 37.6 Å². The maximum atomic E-state index is 6.08. The Morgan fingerprint density at radius 1 is 1.40 bits per heavy atom.